The molecule has 0 fully saturated rings. The second kappa shape index (κ2) is 3.69. The fraction of sp³-hybridized carbons (Fsp3) is 0.250. The fourth-order valence-electron chi connectivity index (χ4n) is 2.04. The van der Waals surface area contributed by atoms with Crippen molar-refractivity contribution in [2.45, 2.75) is 13.3 Å². The molecule has 1 aromatic carbocycles. The van der Waals surface area contributed by atoms with Crippen LogP contribution in [0.25, 0.3) is 11.1 Å². The summed E-state index contributed by atoms with van der Waals surface area (Å²) in [6.07, 6.45) is 2.63. The molecule has 2 aromatic rings. The Bertz CT molecular complexity index is 563. The molecule has 0 radical (unpaired) electrons. The number of nitrogens with one attached hydrogen (secondary N) is 1. The smallest absolute Gasteiger partial charge is 0.231 e. The summed E-state index contributed by atoms with van der Waals surface area (Å²) in [5, 5.41) is 6.69. The molecule has 0 saturated carbocycles. The van der Waals surface area contributed by atoms with E-state index >= 15 is 0 Å². The number of H-pyrrole nitrogens is 1. The number of nitrogens with zero attached hydrogens (tertiary/aromatic N) is 1. The maximum absolute atomic E-state index is 5.85. The summed E-state index contributed by atoms with van der Waals surface area (Å²) < 4.78 is 10.7. The molecule has 5 nitrogen and oxygen atoms in total. The molecule has 0 spiro atoms. The van der Waals surface area contributed by atoms with Gasteiger partial charge in [0.05, 0.1) is 6.20 Å². The molecular formula is C12H13N3O2. The Kier molecular flexibility index (Phi) is 2.18. The number of rotatable bonds is 2. The van der Waals surface area contributed by atoms with E-state index in [2.05, 4.69) is 17.1 Å². The van der Waals surface area contributed by atoms with Crippen molar-refractivity contribution in [3.05, 3.63) is 23.9 Å². The van der Waals surface area contributed by atoms with E-state index < -0.39 is 0 Å². The van der Waals surface area contributed by atoms with Gasteiger partial charge in [-0.25, -0.2) is 0 Å². The highest BCUT2D eigenvalue weighted by Gasteiger charge is 2.18. The molecule has 0 saturated heterocycles. The molecule has 5 heteroatoms. The Hall–Kier alpha value is -2.17. The van der Waals surface area contributed by atoms with E-state index in [1.807, 2.05) is 12.1 Å². The third-order valence-corrected chi connectivity index (χ3v) is 2.94. The fourth-order valence-corrected chi connectivity index (χ4v) is 2.04. The van der Waals surface area contributed by atoms with Gasteiger partial charge in [-0.1, -0.05) is 6.92 Å². The molecule has 17 heavy (non-hydrogen) atoms. The first-order valence-corrected chi connectivity index (χ1v) is 5.51. The average molecular weight is 231 g/mol. The van der Waals surface area contributed by atoms with Gasteiger partial charge in [0.25, 0.3) is 0 Å². The number of hydrogen-bond donors (Lipinski definition) is 2. The Labute approximate surface area is 98.5 Å². The Balaban J connectivity index is 2.19. The topological polar surface area (TPSA) is 73.2 Å². The number of nitrogens with two attached hydrogens (primary N) is 1. The molecule has 0 aliphatic carbocycles. The zero-order valence-electron chi connectivity index (χ0n) is 9.49. The van der Waals surface area contributed by atoms with Crippen LogP contribution in [0.15, 0.2) is 18.3 Å². The van der Waals surface area contributed by atoms with Crippen LogP contribution in [0, 0.1) is 0 Å². The van der Waals surface area contributed by atoms with Crippen molar-refractivity contribution in [3.8, 4) is 22.6 Å². The van der Waals surface area contributed by atoms with Crippen LogP contribution in [0.1, 0.15) is 12.5 Å². The van der Waals surface area contributed by atoms with Crippen molar-refractivity contribution in [1.29, 1.82) is 0 Å². The Morgan fingerprint density at radius 3 is 2.71 bits per heavy atom. The van der Waals surface area contributed by atoms with E-state index in [0.717, 1.165) is 29.0 Å². The zero-order chi connectivity index (χ0) is 11.8. The number of aromatic nitrogens is 2. The molecule has 0 unspecified atom stereocenters. The monoisotopic (exact) mass is 231 g/mol. The van der Waals surface area contributed by atoms with Crippen molar-refractivity contribution >= 4 is 5.82 Å². The molecule has 1 aromatic heterocycles. The summed E-state index contributed by atoms with van der Waals surface area (Å²) in [5.41, 5.74) is 8.97. The third kappa shape index (κ3) is 1.51. The lowest BCUT2D eigenvalue weighted by atomic mass is 9.99. The predicted octanol–water partition coefficient (Wildman–Crippen LogP) is 1.95. The van der Waals surface area contributed by atoms with E-state index in [1.54, 1.807) is 6.20 Å². The highest BCUT2D eigenvalue weighted by molar-refractivity contribution is 5.78. The average Bonchev–Trinajstić information content (AvgIpc) is 2.94. The zero-order valence-corrected chi connectivity index (χ0v) is 9.49. The molecule has 0 atom stereocenters. The first-order valence-electron chi connectivity index (χ1n) is 5.51. The second-order valence-electron chi connectivity index (χ2n) is 3.91. The van der Waals surface area contributed by atoms with Gasteiger partial charge < -0.3 is 15.2 Å². The molecule has 1 aliphatic rings. The molecule has 0 amide bonds. The minimum Gasteiger partial charge on any atom is -0.454 e. The van der Waals surface area contributed by atoms with Crippen molar-refractivity contribution in [2.24, 2.45) is 0 Å². The maximum Gasteiger partial charge on any atom is 0.231 e. The standard InChI is InChI=1S/C12H13N3O2/c1-2-7-3-10-11(17-6-16-10)4-8(7)9-5-14-15-12(9)13/h3-5H,2,6H2,1H3,(H3,13,14,15). The van der Waals surface area contributed by atoms with Gasteiger partial charge in [0.1, 0.15) is 5.82 Å². The van der Waals surface area contributed by atoms with Crippen LogP contribution in [-0.2, 0) is 6.42 Å². The number of aromatic amines is 1. The van der Waals surface area contributed by atoms with Crippen molar-refractivity contribution in [2.75, 3.05) is 12.5 Å². The van der Waals surface area contributed by atoms with Crippen molar-refractivity contribution < 1.29 is 9.47 Å². The number of anilines is 1. The molecule has 0 bridgehead atoms. The second-order valence-corrected chi connectivity index (χ2v) is 3.91. The quantitative estimate of drug-likeness (QED) is 0.828. The number of ether oxygens (including phenoxy) is 2. The summed E-state index contributed by atoms with van der Waals surface area (Å²) in [4.78, 5) is 0. The van der Waals surface area contributed by atoms with Gasteiger partial charge in [0, 0.05) is 5.56 Å². The van der Waals surface area contributed by atoms with E-state index in [1.165, 1.54) is 5.56 Å². The molecule has 88 valence electrons. The van der Waals surface area contributed by atoms with Crippen LogP contribution in [-0.4, -0.2) is 17.0 Å². The number of aryl methyl sites for hydroxylation is 1. The van der Waals surface area contributed by atoms with Gasteiger partial charge in [0.15, 0.2) is 11.5 Å². The summed E-state index contributed by atoms with van der Waals surface area (Å²) >= 11 is 0. The Morgan fingerprint density at radius 1 is 1.29 bits per heavy atom. The summed E-state index contributed by atoms with van der Waals surface area (Å²) in [5.74, 6) is 2.13. The van der Waals surface area contributed by atoms with Crippen LogP contribution < -0.4 is 15.2 Å². The summed E-state index contributed by atoms with van der Waals surface area (Å²) in [6, 6.07) is 3.96. The Morgan fingerprint density at radius 2 is 2.06 bits per heavy atom. The molecule has 3 N–H and O–H groups in total. The minimum absolute atomic E-state index is 0.281. The third-order valence-electron chi connectivity index (χ3n) is 2.94. The van der Waals surface area contributed by atoms with Crippen LogP contribution >= 0.6 is 0 Å². The summed E-state index contributed by atoms with van der Waals surface area (Å²) in [7, 11) is 0. The highest BCUT2D eigenvalue weighted by Crippen LogP contribution is 2.39. The van der Waals surface area contributed by atoms with E-state index in [4.69, 9.17) is 15.2 Å². The van der Waals surface area contributed by atoms with Gasteiger partial charge in [-0.15, -0.1) is 0 Å². The molecule has 1 aliphatic heterocycles. The van der Waals surface area contributed by atoms with Gasteiger partial charge in [-0.3, -0.25) is 5.10 Å². The lowest BCUT2D eigenvalue weighted by Gasteiger charge is -2.08. The van der Waals surface area contributed by atoms with E-state index in [-0.39, 0.29) is 6.79 Å². The van der Waals surface area contributed by atoms with Crippen LogP contribution in [0.5, 0.6) is 11.5 Å². The molecule has 2 heterocycles. The first-order chi connectivity index (χ1) is 8.29. The van der Waals surface area contributed by atoms with Crippen molar-refractivity contribution in [3.63, 3.8) is 0 Å². The largest absolute Gasteiger partial charge is 0.454 e. The van der Waals surface area contributed by atoms with Crippen LogP contribution in [0.4, 0.5) is 5.82 Å². The predicted molar refractivity (Wildman–Crippen MR) is 63.9 cm³/mol. The van der Waals surface area contributed by atoms with Gasteiger partial charge in [0.2, 0.25) is 6.79 Å². The minimum atomic E-state index is 0.281. The number of fused-ring (bicyclic) bond motifs is 1. The van der Waals surface area contributed by atoms with Gasteiger partial charge >= 0.3 is 0 Å². The lowest BCUT2D eigenvalue weighted by Crippen LogP contribution is -1.92. The van der Waals surface area contributed by atoms with Gasteiger partial charge in [-0.05, 0) is 29.7 Å². The SMILES string of the molecule is CCc1cc2c(cc1-c1cn[nH]c1N)OCO2. The maximum atomic E-state index is 5.85. The highest BCUT2D eigenvalue weighted by atomic mass is 16.7. The number of benzene rings is 1. The first kappa shape index (κ1) is 10.0. The van der Waals surface area contributed by atoms with E-state index in [9.17, 15) is 0 Å². The van der Waals surface area contributed by atoms with Crippen molar-refractivity contribution in [1.82, 2.24) is 10.2 Å². The molecular weight excluding hydrogens is 218 g/mol. The van der Waals surface area contributed by atoms with Crippen LogP contribution in [0.3, 0.4) is 0 Å². The van der Waals surface area contributed by atoms with Gasteiger partial charge in [-0.2, -0.15) is 5.10 Å². The normalized spacial score (nSPS) is 13.0. The van der Waals surface area contributed by atoms with E-state index in [0.29, 0.717) is 5.82 Å². The molecule has 3 rings (SSSR count). The number of nitrogen functional groups attached to an aromatic ring is 1. The van der Waals surface area contributed by atoms with Crippen LogP contribution in [0.2, 0.25) is 0 Å². The lowest BCUT2D eigenvalue weighted by molar-refractivity contribution is 0.174. The number of hydrogen-bond acceptors (Lipinski definition) is 4. The summed E-state index contributed by atoms with van der Waals surface area (Å²) in [6.45, 7) is 2.38.